The van der Waals surface area contributed by atoms with Crippen LogP contribution in [0.3, 0.4) is 0 Å². The van der Waals surface area contributed by atoms with Gasteiger partial charge in [-0.3, -0.25) is 10.1 Å². The lowest BCUT2D eigenvalue weighted by Crippen LogP contribution is -2.21. The van der Waals surface area contributed by atoms with E-state index in [9.17, 15) is 4.79 Å². The summed E-state index contributed by atoms with van der Waals surface area (Å²) in [5.41, 5.74) is 1.52. The van der Waals surface area contributed by atoms with Crippen LogP contribution in [0.15, 0.2) is 39.8 Å². The molecule has 0 unspecified atom stereocenters. The average Bonchev–Trinajstić information content (AvgIpc) is 3.03. The lowest BCUT2D eigenvalue weighted by atomic mass is 9.92. The summed E-state index contributed by atoms with van der Waals surface area (Å²) >= 11 is 1.59. The molecule has 2 aromatic rings. The molecule has 0 spiro atoms. The van der Waals surface area contributed by atoms with Crippen molar-refractivity contribution < 1.29 is 9.32 Å². The Morgan fingerprint density at radius 3 is 2.80 bits per heavy atom. The Morgan fingerprint density at radius 1 is 1.36 bits per heavy atom. The molecule has 0 radical (unpaired) electrons. The fraction of sp³-hybridized carbons (Fsp3) is 0.389. The predicted octanol–water partition coefficient (Wildman–Crippen LogP) is 4.03. The van der Waals surface area contributed by atoms with Crippen LogP contribution in [-0.4, -0.2) is 23.4 Å². The number of carbonyl (C=O) groups is 1. The Morgan fingerprint density at radius 2 is 2.12 bits per heavy atom. The number of hydrogen-bond donors (Lipinski definition) is 2. The van der Waals surface area contributed by atoms with Gasteiger partial charge < -0.3 is 9.84 Å². The fourth-order valence-corrected chi connectivity index (χ4v) is 2.87. The monoisotopic (exact) mass is 358 g/mol. The predicted molar refractivity (Wildman–Crippen MR) is 99.7 cm³/mol. The summed E-state index contributed by atoms with van der Waals surface area (Å²) in [4.78, 5) is 13.1. The van der Waals surface area contributed by atoms with Crippen molar-refractivity contribution in [2.24, 2.45) is 0 Å². The van der Waals surface area contributed by atoms with Gasteiger partial charge >= 0.3 is 0 Å². The van der Waals surface area contributed by atoms with E-state index in [1.54, 1.807) is 17.8 Å². The smallest absolute Gasteiger partial charge is 0.246 e. The van der Waals surface area contributed by atoms with Crippen LogP contribution in [0.1, 0.15) is 32.9 Å². The Bertz CT molecular complexity index is 759. The number of benzene rings is 1. The Hall–Kier alpha value is -2.46. The largest absolute Gasteiger partial charge is 0.375 e. The summed E-state index contributed by atoms with van der Waals surface area (Å²) < 4.78 is 5.16. The van der Waals surface area contributed by atoms with Crippen molar-refractivity contribution in [2.75, 3.05) is 22.9 Å². The van der Waals surface area contributed by atoms with Crippen molar-refractivity contribution in [3.63, 3.8) is 0 Å². The average molecular weight is 358 g/mol. The van der Waals surface area contributed by atoms with Crippen LogP contribution in [0.2, 0.25) is 0 Å². The zero-order chi connectivity index (χ0) is 18.3. The van der Waals surface area contributed by atoms with E-state index in [0.29, 0.717) is 12.3 Å². The van der Waals surface area contributed by atoms with Gasteiger partial charge in [-0.15, -0.1) is 11.8 Å². The van der Waals surface area contributed by atoms with E-state index in [2.05, 4.69) is 21.9 Å². The molecule has 1 aromatic carbocycles. The number of carbonyl (C=O) groups excluding carboxylic acids is 1. The summed E-state index contributed by atoms with van der Waals surface area (Å²) in [5, 5.41) is 18.4. The van der Waals surface area contributed by atoms with Gasteiger partial charge in [0.1, 0.15) is 0 Å². The van der Waals surface area contributed by atoms with Crippen molar-refractivity contribution in [3.8, 4) is 6.07 Å². The first kappa shape index (κ1) is 18.9. The van der Waals surface area contributed by atoms with Crippen LogP contribution in [-0.2, 0) is 10.2 Å². The summed E-state index contributed by atoms with van der Waals surface area (Å²) in [7, 11) is 0. The van der Waals surface area contributed by atoms with Gasteiger partial charge in [0.15, 0.2) is 0 Å². The third-order valence-corrected chi connectivity index (χ3v) is 4.41. The molecule has 7 heteroatoms. The molecule has 0 saturated heterocycles. The number of hydrogen-bond acceptors (Lipinski definition) is 6. The van der Waals surface area contributed by atoms with E-state index in [1.807, 2.05) is 45.0 Å². The minimum absolute atomic E-state index is 0.112. The van der Waals surface area contributed by atoms with E-state index in [0.717, 1.165) is 22.0 Å². The first-order valence-corrected chi connectivity index (χ1v) is 8.98. The summed E-state index contributed by atoms with van der Waals surface area (Å²) in [6.07, 6.45) is 0.487. The van der Waals surface area contributed by atoms with Crippen LogP contribution in [0.4, 0.5) is 11.6 Å². The fourth-order valence-electron chi connectivity index (χ4n) is 1.99. The number of amides is 1. The van der Waals surface area contributed by atoms with Gasteiger partial charge in [-0.2, -0.15) is 5.26 Å². The molecule has 0 bridgehead atoms. The quantitative estimate of drug-likeness (QED) is 0.573. The molecule has 1 heterocycles. The van der Waals surface area contributed by atoms with Crippen molar-refractivity contribution in [1.29, 1.82) is 5.26 Å². The molecular formula is C18H22N4O2S. The first-order valence-electron chi connectivity index (χ1n) is 8.00. The molecule has 132 valence electrons. The minimum Gasteiger partial charge on any atom is -0.375 e. The maximum absolute atomic E-state index is 12.1. The molecule has 6 nitrogen and oxygen atoms in total. The van der Waals surface area contributed by atoms with Gasteiger partial charge in [0.05, 0.1) is 18.3 Å². The Balaban J connectivity index is 1.90. The maximum atomic E-state index is 12.1. The van der Waals surface area contributed by atoms with Crippen LogP contribution < -0.4 is 10.6 Å². The molecule has 0 aliphatic carbocycles. The zero-order valence-corrected chi connectivity index (χ0v) is 15.4. The van der Waals surface area contributed by atoms with Crippen LogP contribution in [0, 0.1) is 11.3 Å². The van der Waals surface area contributed by atoms with E-state index < -0.39 is 0 Å². The molecule has 1 aromatic heterocycles. The highest BCUT2D eigenvalue weighted by Gasteiger charge is 2.19. The van der Waals surface area contributed by atoms with E-state index in [1.165, 1.54) is 0 Å². The summed E-state index contributed by atoms with van der Waals surface area (Å²) in [6, 6.07) is 11.6. The molecule has 0 aliphatic heterocycles. The van der Waals surface area contributed by atoms with Gasteiger partial charge in [0.2, 0.25) is 11.8 Å². The summed E-state index contributed by atoms with van der Waals surface area (Å²) in [6.45, 7) is 6.19. The number of para-hydroxylation sites is 1. The van der Waals surface area contributed by atoms with Gasteiger partial charge in [0.25, 0.3) is 0 Å². The third-order valence-electron chi connectivity index (χ3n) is 3.34. The molecule has 25 heavy (non-hydrogen) atoms. The van der Waals surface area contributed by atoms with Crippen LogP contribution in [0.25, 0.3) is 0 Å². The van der Waals surface area contributed by atoms with E-state index in [-0.39, 0.29) is 17.9 Å². The molecular weight excluding hydrogens is 336 g/mol. The van der Waals surface area contributed by atoms with Crippen molar-refractivity contribution >= 4 is 29.2 Å². The number of rotatable bonds is 7. The zero-order valence-electron chi connectivity index (χ0n) is 14.6. The highest BCUT2D eigenvalue weighted by molar-refractivity contribution is 7.99. The van der Waals surface area contributed by atoms with E-state index in [4.69, 9.17) is 9.78 Å². The molecule has 2 N–H and O–H groups in total. The number of nitriles is 1. The van der Waals surface area contributed by atoms with Gasteiger partial charge in [0, 0.05) is 34.2 Å². The van der Waals surface area contributed by atoms with Crippen LogP contribution >= 0.6 is 11.8 Å². The number of nitrogens with one attached hydrogen (secondary N) is 2. The highest BCUT2D eigenvalue weighted by Crippen LogP contribution is 2.27. The second kappa shape index (κ2) is 8.58. The second-order valence-electron chi connectivity index (χ2n) is 6.48. The molecule has 0 aliphatic rings. The Labute approximate surface area is 152 Å². The first-order chi connectivity index (χ1) is 11.9. The normalized spacial score (nSPS) is 11.0. The molecule has 1 amide bonds. The standard InChI is InChI=1S/C18H22N4O2S/c1-18(2,3)15-11-17(24-22-15)21-16(23)12-20-13-7-4-5-8-14(13)25-10-6-9-19/h4-5,7-8,11,20H,6,10,12H2,1-3H3,(H,21,23). The number of anilines is 2. The SMILES string of the molecule is CC(C)(C)c1cc(NC(=O)CNc2ccccc2SCCC#N)on1. The lowest BCUT2D eigenvalue weighted by Gasteiger charge is -2.12. The highest BCUT2D eigenvalue weighted by atomic mass is 32.2. The van der Waals surface area contributed by atoms with Gasteiger partial charge in [-0.05, 0) is 12.1 Å². The van der Waals surface area contributed by atoms with Gasteiger partial charge in [-0.25, -0.2) is 0 Å². The van der Waals surface area contributed by atoms with Crippen molar-refractivity contribution in [1.82, 2.24) is 5.16 Å². The van der Waals surface area contributed by atoms with Gasteiger partial charge in [-0.1, -0.05) is 38.1 Å². The van der Waals surface area contributed by atoms with E-state index >= 15 is 0 Å². The minimum atomic E-state index is -0.214. The summed E-state index contributed by atoms with van der Waals surface area (Å²) in [5.74, 6) is 0.844. The molecule has 0 atom stereocenters. The number of nitrogens with zero attached hydrogens (tertiary/aromatic N) is 2. The maximum Gasteiger partial charge on any atom is 0.246 e. The molecule has 2 rings (SSSR count). The van der Waals surface area contributed by atoms with Crippen LogP contribution in [0.5, 0.6) is 0 Å². The molecule has 0 fully saturated rings. The topological polar surface area (TPSA) is 91.0 Å². The van der Waals surface area contributed by atoms with Crippen molar-refractivity contribution in [3.05, 3.63) is 36.0 Å². The third kappa shape index (κ3) is 5.84. The number of aromatic nitrogens is 1. The Kier molecular flexibility index (Phi) is 6.48. The molecule has 0 saturated carbocycles. The lowest BCUT2D eigenvalue weighted by molar-refractivity contribution is -0.114. The number of thioether (sulfide) groups is 1. The second-order valence-corrected chi connectivity index (χ2v) is 7.62. The van der Waals surface area contributed by atoms with Crippen molar-refractivity contribution in [2.45, 2.75) is 37.5 Å².